The van der Waals surface area contributed by atoms with E-state index in [0.717, 1.165) is 12.1 Å². The van der Waals surface area contributed by atoms with Gasteiger partial charge in [0.05, 0.1) is 22.6 Å². The molecule has 0 aliphatic rings. The van der Waals surface area contributed by atoms with Gasteiger partial charge < -0.3 is 14.6 Å². The molecule has 0 unspecified atom stereocenters. The number of hydrogen-bond donors (Lipinski definition) is 4. The molecule has 4 N–H and O–H groups in total. The van der Waals surface area contributed by atoms with Crippen LogP contribution in [0.3, 0.4) is 0 Å². The van der Waals surface area contributed by atoms with Gasteiger partial charge in [-0.2, -0.15) is 13.2 Å². The highest BCUT2D eigenvalue weighted by Gasteiger charge is 2.32. The molecule has 3 aromatic heterocycles. The number of rotatable bonds is 4. The van der Waals surface area contributed by atoms with Crippen LogP contribution in [-0.4, -0.2) is 20.4 Å². The summed E-state index contributed by atoms with van der Waals surface area (Å²) >= 11 is 0. The van der Waals surface area contributed by atoms with Crippen molar-refractivity contribution in [3.63, 3.8) is 0 Å². The average Bonchev–Trinajstić information content (AvgIpc) is 3.39. The summed E-state index contributed by atoms with van der Waals surface area (Å²) in [5, 5.41) is 10.4. The van der Waals surface area contributed by atoms with Crippen LogP contribution in [0, 0.1) is 13.8 Å². The van der Waals surface area contributed by atoms with Crippen molar-refractivity contribution in [2.75, 3.05) is 0 Å². The first kappa shape index (κ1) is 19.6. The number of furan rings is 1. The topological polar surface area (TPSA) is 110 Å². The van der Waals surface area contributed by atoms with Crippen molar-refractivity contribution in [2.24, 2.45) is 0 Å². The quantitative estimate of drug-likeness (QED) is 0.405. The van der Waals surface area contributed by atoms with E-state index < -0.39 is 28.8 Å². The lowest BCUT2D eigenvalue weighted by Gasteiger charge is -2.13. The molecule has 10 heteroatoms. The number of aryl methyl sites for hydroxylation is 2. The summed E-state index contributed by atoms with van der Waals surface area (Å²) in [6.45, 7) is 3.35. The van der Waals surface area contributed by atoms with Gasteiger partial charge in [-0.15, -0.1) is 0 Å². The standard InChI is InChI=1S/C20H17F3N4O3/c1-9-15(18(28)26-24-9)17(16-10(2)25-27-19(16)29)14-7-6-13(30-14)11-4-3-5-12(8-11)20(21,22)23/h3-8,17H,1-2H3,(H2,24,26,28)(H2,25,27,29). The number of halogens is 3. The van der Waals surface area contributed by atoms with E-state index in [2.05, 4.69) is 20.4 Å². The van der Waals surface area contributed by atoms with E-state index in [1.165, 1.54) is 18.2 Å². The summed E-state index contributed by atoms with van der Waals surface area (Å²) in [6, 6.07) is 7.82. The second-order valence-electron chi connectivity index (χ2n) is 6.95. The Hall–Kier alpha value is -3.69. The van der Waals surface area contributed by atoms with Crippen molar-refractivity contribution in [2.45, 2.75) is 25.9 Å². The van der Waals surface area contributed by atoms with E-state index in [1.807, 2.05) is 0 Å². The molecule has 4 rings (SSSR count). The molecule has 0 atom stereocenters. The first-order valence-corrected chi connectivity index (χ1v) is 8.98. The average molecular weight is 418 g/mol. The molecule has 1 aromatic carbocycles. The Morgan fingerprint density at radius 1 is 0.867 bits per heavy atom. The van der Waals surface area contributed by atoms with E-state index in [0.29, 0.717) is 11.4 Å². The minimum atomic E-state index is -4.49. The van der Waals surface area contributed by atoms with Gasteiger partial charge in [0, 0.05) is 17.0 Å². The zero-order valence-corrected chi connectivity index (χ0v) is 15.9. The lowest BCUT2D eigenvalue weighted by molar-refractivity contribution is -0.137. The maximum atomic E-state index is 13.1. The largest absolute Gasteiger partial charge is 0.460 e. The molecule has 3 heterocycles. The first-order chi connectivity index (χ1) is 14.2. The van der Waals surface area contributed by atoms with Crippen molar-refractivity contribution in [3.05, 3.63) is 90.9 Å². The van der Waals surface area contributed by atoms with E-state index >= 15 is 0 Å². The second kappa shape index (κ2) is 6.97. The van der Waals surface area contributed by atoms with E-state index in [1.54, 1.807) is 19.9 Å². The van der Waals surface area contributed by atoms with E-state index in [-0.39, 0.29) is 28.2 Å². The van der Waals surface area contributed by atoms with Crippen molar-refractivity contribution in [1.82, 2.24) is 20.4 Å². The van der Waals surface area contributed by atoms with Crippen LogP contribution in [0.5, 0.6) is 0 Å². The normalized spacial score (nSPS) is 12.1. The van der Waals surface area contributed by atoms with Crippen molar-refractivity contribution >= 4 is 0 Å². The third kappa shape index (κ3) is 3.30. The van der Waals surface area contributed by atoms with Crippen LogP contribution >= 0.6 is 0 Å². The lowest BCUT2D eigenvalue weighted by atomic mass is 9.89. The van der Waals surface area contributed by atoms with Crippen molar-refractivity contribution in [1.29, 1.82) is 0 Å². The molecule has 0 bridgehead atoms. The maximum Gasteiger partial charge on any atom is 0.416 e. The van der Waals surface area contributed by atoms with Gasteiger partial charge in [0.2, 0.25) is 0 Å². The molecule has 0 aliphatic heterocycles. The summed E-state index contributed by atoms with van der Waals surface area (Å²) < 4.78 is 45.0. The van der Waals surface area contributed by atoms with Crippen LogP contribution < -0.4 is 11.1 Å². The fourth-order valence-electron chi connectivity index (χ4n) is 3.55. The molecule has 0 fully saturated rings. The lowest BCUT2D eigenvalue weighted by Crippen LogP contribution is -2.19. The Morgan fingerprint density at radius 3 is 1.97 bits per heavy atom. The van der Waals surface area contributed by atoms with Crippen LogP contribution in [0.25, 0.3) is 11.3 Å². The molecule has 7 nitrogen and oxygen atoms in total. The Labute approximate surface area is 166 Å². The fourth-order valence-corrected chi connectivity index (χ4v) is 3.55. The maximum absolute atomic E-state index is 13.1. The predicted octanol–water partition coefficient (Wildman–Crippen LogP) is 3.80. The van der Waals surface area contributed by atoms with Crippen LogP contribution in [-0.2, 0) is 6.18 Å². The highest BCUT2D eigenvalue weighted by molar-refractivity contribution is 5.59. The van der Waals surface area contributed by atoms with Crippen LogP contribution in [0.15, 0.2) is 50.4 Å². The molecule has 156 valence electrons. The Kier molecular flexibility index (Phi) is 4.56. The number of nitrogens with one attached hydrogen (secondary N) is 4. The van der Waals surface area contributed by atoms with Crippen LogP contribution in [0.4, 0.5) is 13.2 Å². The molecule has 0 spiro atoms. The van der Waals surface area contributed by atoms with Crippen LogP contribution in [0.2, 0.25) is 0 Å². The summed E-state index contributed by atoms with van der Waals surface area (Å²) in [7, 11) is 0. The second-order valence-corrected chi connectivity index (χ2v) is 6.95. The molecule has 0 saturated heterocycles. The molecule has 0 aliphatic carbocycles. The molecule has 4 aromatic rings. The third-order valence-electron chi connectivity index (χ3n) is 4.99. The van der Waals surface area contributed by atoms with Gasteiger partial charge in [0.25, 0.3) is 11.1 Å². The minimum absolute atomic E-state index is 0.190. The molecular weight excluding hydrogens is 401 g/mol. The highest BCUT2D eigenvalue weighted by atomic mass is 19.4. The van der Waals surface area contributed by atoms with Gasteiger partial charge in [0.15, 0.2) is 0 Å². The smallest absolute Gasteiger partial charge is 0.416 e. The number of aromatic amines is 4. The molecule has 30 heavy (non-hydrogen) atoms. The number of alkyl halides is 3. The van der Waals surface area contributed by atoms with E-state index in [9.17, 15) is 22.8 Å². The van der Waals surface area contributed by atoms with Gasteiger partial charge in [-0.1, -0.05) is 12.1 Å². The predicted molar refractivity (Wildman–Crippen MR) is 102 cm³/mol. The van der Waals surface area contributed by atoms with Crippen LogP contribution in [0.1, 0.15) is 39.8 Å². The summed E-state index contributed by atoms with van der Waals surface area (Å²) in [4.78, 5) is 24.9. The zero-order chi connectivity index (χ0) is 21.6. The van der Waals surface area contributed by atoms with Gasteiger partial charge in [-0.3, -0.25) is 19.8 Å². The van der Waals surface area contributed by atoms with Crippen molar-refractivity contribution in [3.8, 4) is 11.3 Å². The monoisotopic (exact) mass is 418 g/mol. The number of H-pyrrole nitrogens is 4. The Bertz CT molecular complexity index is 1270. The van der Waals surface area contributed by atoms with Gasteiger partial charge in [-0.25, -0.2) is 0 Å². The Balaban J connectivity index is 1.86. The van der Waals surface area contributed by atoms with Gasteiger partial charge in [0.1, 0.15) is 11.5 Å². The van der Waals surface area contributed by atoms with Gasteiger partial charge >= 0.3 is 6.18 Å². The summed E-state index contributed by atoms with van der Waals surface area (Å²) in [5.41, 5.74) is 0.189. The number of benzene rings is 1. The summed E-state index contributed by atoms with van der Waals surface area (Å²) in [6.07, 6.45) is -4.49. The third-order valence-corrected chi connectivity index (χ3v) is 4.99. The molecule has 0 radical (unpaired) electrons. The minimum Gasteiger partial charge on any atom is -0.460 e. The molecule has 0 amide bonds. The van der Waals surface area contributed by atoms with Gasteiger partial charge in [-0.05, 0) is 38.1 Å². The van der Waals surface area contributed by atoms with E-state index in [4.69, 9.17) is 4.42 Å². The molecule has 0 saturated carbocycles. The SMILES string of the molecule is Cc1[nH][nH]c(=O)c1C(c1ccc(-c2cccc(C(F)(F)F)c2)o1)c1c(C)[nH][nH]c1=O. The first-order valence-electron chi connectivity index (χ1n) is 8.98. The Morgan fingerprint density at radius 2 is 1.47 bits per heavy atom. The number of hydrogen-bond acceptors (Lipinski definition) is 3. The summed E-state index contributed by atoms with van der Waals surface area (Å²) in [5.74, 6) is -0.409. The molecular formula is C20H17F3N4O3. The number of aromatic nitrogens is 4. The fraction of sp³-hybridized carbons (Fsp3) is 0.200. The highest BCUT2D eigenvalue weighted by Crippen LogP contribution is 2.36. The van der Waals surface area contributed by atoms with Crippen molar-refractivity contribution < 1.29 is 17.6 Å². The zero-order valence-electron chi connectivity index (χ0n) is 15.9.